The summed E-state index contributed by atoms with van der Waals surface area (Å²) >= 11 is 0. The highest BCUT2D eigenvalue weighted by molar-refractivity contribution is 5.82. The smallest absolute Gasteiger partial charge is 0.205 e. The summed E-state index contributed by atoms with van der Waals surface area (Å²) < 4.78 is 4.68. The van der Waals surface area contributed by atoms with Crippen molar-refractivity contribution in [3.8, 4) is 0 Å². The molecule has 2 nitrogen and oxygen atoms in total. The summed E-state index contributed by atoms with van der Waals surface area (Å²) in [5.74, 6) is 2.57. The third-order valence-corrected chi connectivity index (χ3v) is 5.29. The minimum absolute atomic E-state index is 0.797. The summed E-state index contributed by atoms with van der Waals surface area (Å²) in [6, 6.07) is 9.06. The topological polar surface area (TPSA) is 7.94 Å². The van der Waals surface area contributed by atoms with E-state index in [2.05, 4.69) is 59.8 Å². The quantitative estimate of drug-likeness (QED) is 0.687. The highest BCUT2D eigenvalue weighted by Gasteiger charge is 2.40. The number of nitrogens with zero attached hydrogens (tertiary/aromatic N) is 2. The molecule has 0 saturated heterocycles. The lowest BCUT2D eigenvalue weighted by molar-refractivity contribution is -0.453. The van der Waals surface area contributed by atoms with Crippen molar-refractivity contribution in [3.63, 3.8) is 0 Å². The highest BCUT2D eigenvalue weighted by Crippen LogP contribution is 2.40. The van der Waals surface area contributed by atoms with Crippen molar-refractivity contribution in [2.75, 3.05) is 6.54 Å². The molecule has 3 atom stereocenters. The molecule has 1 aliphatic heterocycles. The third kappa shape index (κ3) is 1.66. The fourth-order valence-electron chi connectivity index (χ4n) is 3.93. The van der Waals surface area contributed by atoms with Crippen molar-refractivity contribution in [2.45, 2.75) is 19.8 Å². The zero-order valence-electron chi connectivity index (χ0n) is 11.7. The predicted octanol–water partition coefficient (Wildman–Crippen LogP) is 3.57. The Bertz CT molecular complexity index is 665. The van der Waals surface area contributed by atoms with Crippen LogP contribution in [0.15, 0.2) is 30.5 Å². The number of benzene rings is 1. The molecule has 0 amide bonds. The van der Waals surface area contributed by atoms with E-state index in [4.69, 9.17) is 0 Å². The number of fused-ring (bicyclic) bond motifs is 3. The summed E-state index contributed by atoms with van der Waals surface area (Å²) in [6.07, 6.45) is 7.42. The van der Waals surface area contributed by atoms with Crippen LogP contribution in [0.25, 0.3) is 10.9 Å². The van der Waals surface area contributed by atoms with E-state index < -0.39 is 0 Å². The minimum atomic E-state index is 0.797. The van der Waals surface area contributed by atoms with Gasteiger partial charge < -0.3 is 4.57 Å². The maximum absolute atomic E-state index is 2.49. The van der Waals surface area contributed by atoms with E-state index >= 15 is 0 Å². The molecule has 2 bridgehead atoms. The van der Waals surface area contributed by atoms with Gasteiger partial charge >= 0.3 is 0 Å². The van der Waals surface area contributed by atoms with Gasteiger partial charge in [0.05, 0.1) is 0 Å². The van der Waals surface area contributed by atoms with Crippen molar-refractivity contribution in [1.29, 1.82) is 0 Å². The Hall–Kier alpha value is -1.57. The van der Waals surface area contributed by atoms with E-state index in [0.29, 0.717) is 0 Å². The Morgan fingerprint density at radius 1 is 1.21 bits per heavy atom. The Morgan fingerprint density at radius 3 is 2.95 bits per heavy atom. The molecule has 4 rings (SSSR count). The number of aromatic nitrogens is 1. The SMILES string of the molecule is CC1C2C=[N+](c3ccc4c(ccn4C)c3)CC1CC2. The molecule has 1 aliphatic carbocycles. The van der Waals surface area contributed by atoms with Crippen molar-refractivity contribution in [3.05, 3.63) is 30.5 Å². The Balaban J connectivity index is 1.77. The number of hydrogen-bond donors (Lipinski definition) is 0. The van der Waals surface area contributed by atoms with Crippen LogP contribution in [0.1, 0.15) is 19.8 Å². The van der Waals surface area contributed by atoms with E-state index in [0.717, 1.165) is 17.8 Å². The van der Waals surface area contributed by atoms with Crippen molar-refractivity contribution in [2.24, 2.45) is 24.8 Å². The molecule has 1 fully saturated rings. The largest absolute Gasteiger partial charge is 0.351 e. The average molecular weight is 253 g/mol. The summed E-state index contributed by atoms with van der Waals surface area (Å²) in [5.41, 5.74) is 2.68. The molecule has 0 N–H and O–H groups in total. The van der Waals surface area contributed by atoms with Gasteiger partial charge in [-0.25, -0.2) is 4.58 Å². The minimum Gasteiger partial charge on any atom is -0.351 e. The Morgan fingerprint density at radius 2 is 2.11 bits per heavy atom. The van der Waals surface area contributed by atoms with E-state index in [9.17, 15) is 0 Å². The van der Waals surface area contributed by atoms with Crippen molar-refractivity contribution < 1.29 is 4.58 Å². The van der Waals surface area contributed by atoms with Crippen LogP contribution in [0.3, 0.4) is 0 Å². The normalized spacial score (nSPS) is 29.8. The van der Waals surface area contributed by atoms with Gasteiger partial charge in [0.25, 0.3) is 0 Å². The first kappa shape index (κ1) is 11.3. The van der Waals surface area contributed by atoms with Crippen LogP contribution in [-0.4, -0.2) is 21.9 Å². The van der Waals surface area contributed by atoms with E-state index in [1.807, 2.05) is 0 Å². The average Bonchev–Trinajstić information content (AvgIpc) is 2.86. The van der Waals surface area contributed by atoms with Gasteiger partial charge in [-0.05, 0) is 30.9 Å². The number of aryl methyl sites for hydroxylation is 1. The van der Waals surface area contributed by atoms with Gasteiger partial charge in [0.1, 0.15) is 6.21 Å². The second-order valence-electron chi connectivity index (χ2n) is 6.33. The number of hydrogen-bond acceptors (Lipinski definition) is 0. The first-order chi connectivity index (χ1) is 9.22. The van der Waals surface area contributed by atoms with Gasteiger partial charge in [0, 0.05) is 48.1 Å². The molecule has 98 valence electrons. The lowest BCUT2D eigenvalue weighted by atomic mass is 9.89. The van der Waals surface area contributed by atoms with E-state index in [-0.39, 0.29) is 0 Å². The summed E-state index contributed by atoms with van der Waals surface area (Å²) in [7, 11) is 2.11. The first-order valence-electron chi connectivity index (χ1n) is 7.39. The van der Waals surface area contributed by atoms with Crippen LogP contribution < -0.4 is 0 Å². The Kier molecular flexibility index (Phi) is 2.35. The van der Waals surface area contributed by atoms with Crippen LogP contribution in [0.2, 0.25) is 0 Å². The van der Waals surface area contributed by atoms with Gasteiger partial charge in [-0.3, -0.25) is 0 Å². The number of rotatable bonds is 1. The fourth-order valence-corrected chi connectivity index (χ4v) is 3.93. The Labute approximate surface area is 114 Å². The highest BCUT2D eigenvalue weighted by atomic mass is 15.0. The second kappa shape index (κ2) is 3.96. The molecule has 2 aromatic rings. The zero-order chi connectivity index (χ0) is 13.0. The summed E-state index contributed by atoms with van der Waals surface area (Å²) in [4.78, 5) is 0. The van der Waals surface area contributed by atoms with Crippen LogP contribution in [0.5, 0.6) is 0 Å². The van der Waals surface area contributed by atoms with Gasteiger partial charge in [0.2, 0.25) is 5.69 Å². The predicted molar refractivity (Wildman–Crippen MR) is 79.1 cm³/mol. The van der Waals surface area contributed by atoms with Crippen molar-refractivity contribution in [1.82, 2.24) is 4.57 Å². The van der Waals surface area contributed by atoms with Crippen LogP contribution in [-0.2, 0) is 7.05 Å². The first-order valence-corrected chi connectivity index (χ1v) is 7.39. The molecule has 2 heteroatoms. The van der Waals surface area contributed by atoms with Gasteiger partial charge in [0.15, 0.2) is 6.54 Å². The van der Waals surface area contributed by atoms with Gasteiger partial charge in [-0.15, -0.1) is 0 Å². The van der Waals surface area contributed by atoms with Gasteiger partial charge in [-0.1, -0.05) is 6.92 Å². The van der Waals surface area contributed by atoms with Crippen LogP contribution >= 0.6 is 0 Å². The molecular formula is C17H21N2+. The maximum atomic E-state index is 2.49. The standard InChI is InChI=1S/C17H21N2/c1-12-14-3-4-15(12)11-19(10-14)16-5-6-17-13(9-16)7-8-18(17)2/h5-10,12,14-15H,3-4,11H2,1-2H3/q+1. The second-order valence-corrected chi connectivity index (χ2v) is 6.33. The summed E-state index contributed by atoms with van der Waals surface area (Å²) in [6.45, 7) is 3.63. The molecule has 1 aromatic heterocycles. The zero-order valence-corrected chi connectivity index (χ0v) is 11.7. The molecular weight excluding hydrogens is 232 g/mol. The van der Waals surface area contributed by atoms with E-state index in [1.165, 1.54) is 36.0 Å². The molecule has 1 saturated carbocycles. The molecule has 2 aliphatic rings. The molecule has 19 heavy (non-hydrogen) atoms. The molecule has 0 spiro atoms. The fraction of sp³-hybridized carbons (Fsp3) is 0.471. The maximum Gasteiger partial charge on any atom is 0.205 e. The molecule has 1 aromatic carbocycles. The lowest BCUT2D eigenvalue weighted by Gasteiger charge is -2.21. The van der Waals surface area contributed by atoms with Crippen molar-refractivity contribution >= 4 is 22.8 Å². The summed E-state index contributed by atoms with van der Waals surface area (Å²) in [5, 5.41) is 1.35. The van der Waals surface area contributed by atoms with Crippen LogP contribution in [0, 0.1) is 17.8 Å². The van der Waals surface area contributed by atoms with Crippen LogP contribution in [0.4, 0.5) is 5.69 Å². The molecule has 2 heterocycles. The monoisotopic (exact) mass is 253 g/mol. The van der Waals surface area contributed by atoms with Gasteiger partial charge in [-0.2, -0.15) is 0 Å². The molecule has 3 unspecified atom stereocenters. The third-order valence-electron chi connectivity index (χ3n) is 5.29. The lowest BCUT2D eigenvalue weighted by Crippen LogP contribution is -2.29. The molecule has 0 radical (unpaired) electrons. The van der Waals surface area contributed by atoms with E-state index in [1.54, 1.807) is 0 Å².